The second-order valence-corrected chi connectivity index (χ2v) is 7.23. The molecule has 0 spiro atoms. The van der Waals surface area contributed by atoms with Crippen molar-refractivity contribution in [1.29, 1.82) is 5.26 Å². The first kappa shape index (κ1) is 14.4. The Kier molecular flexibility index (Phi) is 4.53. The molecule has 0 bridgehead atoms. The van der Waals surface area contributed by atoms with E-state index >= 15 is 0 Å². The predicted molar refractivity (Wildman–Crippen MR) is 66.9 cm³/mol. The predicted octanol–water partition coefficient (Wildman–Crippen LogP) is 0.503. The van der Waals surface area contributed by atoms with Crippen molar-refractivity contribution in [1.82, 2.24) is 9.21 Å². The highest BCUT2D eigenvalue weighted by molar-refractivity contribution is 7.88. The lowest BCUT2D eigenvalue weighted by Gasteiger charge is -2.34. The molecule has 1 fully saturated rings. The molecule has 1 aliphatic rings. The summed E-state index contributed by atoms with van der Waals surface area (Å²) in [4.78, 5) is 2.22. The quantitative estimate of drug-likeness (QED) is 0.737. The van der Waals surface area contributed by atoms with Crippen LogP contribution in [0.3, 0.4) is 0 Å². The van der Waals surface area contributed by atoms with E-state index in [4.69, 9.17) is 5.26 Å². The smallest absolute Gasteiger partial charge is 0.211 e. The van der Waals surface area contributed by atoms with Gasteiger partial charge >= 0.3 is 0 Å². The first-order chi connectivity index (χ1) is 7.74. The third-order valence-corrected chi connectivity index (χ3v) is 4.46. The van der Waals surface area contributed by atoms with Crippen LogP contribution in [0.25, 0.3) is 0 Å². The lowest BCUT2D eigenvalue weighted by atomic mass is 9.91. The minimum absolute atomic E-state index is 0.298. The third-order valence-electron chi connectivity index (χ3n) is 3.16. The Bertz CT molecular complexity index is 389. The summed E-state index contributed by atoms with van der Waals surface area (Å²) in [5, 5.41) is 8.92. The van der Waals surface area contributed by atoms with Crippen LogP contribution >= 0.6 is 0 Å². The number of nitrogens with zero attached hydrogens (tertiary/aromatic N) is 3. The van der Waals surface area contributed by atoms with E-state index in [9.17, 15) is 8.42 Å². The van der Waals surface area contributed by atoms with Gasteiger partial charge in [0.15, 0.2) is 0 Å². The molecule has 0 saturated carbocycles. The number of hydrogen-bond donors (Lipinski definition) is 0. The number of rotatable bonds is 4. The minimum atomic E-state index is -3.04. The monoisotopic (exact) mass is 259 g/mol. The van der Waals surface area contributed by atoms with Crippen molar-refractivity contribution in [3.8, 4) is 6.07 Å². The van der Waals surface area contributed by atoms with Crippen molar-refractivity contribution in [2.75, 3.05) is 39.0 Å². The summed E-state index contributed by atoms with van der Waals surface area (Å²) in [5.74, 6) is 0. The Hall–Kier alpha value is -0.640. The van der Waals surface area contributed by atoms with Crippen molar-refractivity contribution in [3.63, 3.8) is 0 Å². The van der Waals surface area contributed by atoms with Gasteiger partial charge in [-0.1, -0.05) is 0 Å². The fourth-order valence-electron chi connectivity index (χ4n) is 1.78. The highest BCUT2D eigenvalue weighted by Gasteiger charge is 2.25. The van der Waals surface area contributed by atoms with Crippen molar-refractivity contribution in [2.45, 2.75) is 20.3 Å². The van der Waals surface area contributed by atoms with E-state index in [2.05, 4.69) is 11.0 Å². The molecule has 6 heteroatoms. The standard InChI is InChI=1S/C11H21N3O2S/c1-11(2,10-12)4-5-13-6-8-14(9-7-13)17(3,15)16/h4-9H2,1-3H3. The van der Waals surface area contributed by atoms with Crippen LogP contribution in [0.2, 0.25) is 0 Å². The molecule has 1 aliphatic heterocycles. The minimum Gasteiger partial charge on any atom is -0.301 e. The fraction of sp³-hybridized carbons (Fsp3) is 0.909. The van der Waals surface area contributed by atoms with E-state index in [1.165, 1.54) is 10.6 Å². The molecular weight excluding hydrogens is 238 g/mol. The van der Waals surface area contributed by atoms with Crippen LogP contribution in [-0.2, 0) is 10.0 Å². The van der Waals surface area contributed by atoms with Crippen LogP contribution in [0.15, 0.2) is 0 Å². The molecule has 1 rings (SSSR count). The van der Waals surface area contributed by atoms with Crippen LogP contribution < -0.4 is 0 Å². The Morgan fingerprint density at radius 3 is 2.18 bits per heavy atom. The van der Waals surface area contributed by atoms with Gasteiger partial charge in [0, 0.05) is 26.2 Å². The summed E-state index contributed by atoms with van der Waals surface area (Å²) in [5.41, 5.74) is -0.298. The third kappa shape index (κ3) is 4.62. The van der Waals surface area contributed by atoms with E-state index in [0.717, 1.165) is 26.1 Å². The zero-order valence-electron chi connectivity index (χ0n) is 10.8. The van der Waals surface area contributed by atoms with Gasteiger partial charge in [-0.15, -0.1) is 0 Å². The Labute approximate surface area is 104 Å². The van der Waals surface area contributed by atoms with E-state index in [1.54, 1.807) is 0 Å². The number of piperazine rings is 1. The topological polar surface area (TPSA) is 64.4 Å². The van der Waals surface area contributed by atoms with Crippen molar-refractivity contribution in [2.24, 2.45) is 5.41 Å². The van der Waals surface area contributed by atoms with Gasteiger partial charge in [-0.2, -0.15) is 9.57 Å². The van der Waals surface area contributed by atoms with Gasteiger partial charge in [0.25, 0.3) is 0 Å². The van der Waals surface area contributed by atoms with Gasteiger partial charge in [-0.25, -0.2) is 8.42 Å². The maximum absolute atomic E-state index is 11.3. The Balaban J connectivity index is 2.37. The Morgan fingerprint density at radius 2 is 1.76 bits per heavy atom. The molecule has 0 N–H and O–H groups in total. The lowest BCUT2D eigenvalue weighted by molar-refractivity contribution is 0.174. The first-order valence-electron chi connectivity index (χ1n) is 5.83. The van der Waals surface area contributed by atoms with Crippen LogP contribution in [0.5, 0.6) is 0 Å². The van der Waals surface area contributed by atoms with E-state index in [0.29, 0.717) is 13.1 Å². The maximum atomic E-state index is 11.3. The molecule has 0 aromatic heterocycles. The summed E-state index contributed by atoms with van der Waals surface area (Å²) in [6.45, 7) is 7.36. The molecule has 0 atom stereocenters. The normalized spacial score (nSPS) is 20.1. The van der Waals surface area contributed by atoms with Crippen LogP contribution in [-0.4, -0.2) is 56.6 Å². The highest BCUT2D eigenvalue weighted by atomic mass is 32.2. The molecular formula is C11H21N3O2S. The molecule has 98 valence electrons. The molecule has 0 aromatic carbocycles. The van der Waals surface area contributed by atoms with Gasteiger partial charge in [0.1, 0.15) is 0 Å². The van der Waals surface area contributed by atoms with Gasteiger partial charge in [0.2, 0.25) is 10.0 Å². The molecule has 0 amide bonds. The number of hydrogen-bond acceptors (Lipinski definition) is 4. The molecule has 5 nitrogen and oxygen atoms in total. The average Bonchev–Trinajstić information content (AvgIpc) is 2.26. The number of nitriles is 1. The molecule has 0 aromatic rings. The summed E-state index contributed by atoms with van der Waals surface area (Å²) in [6, 6.07) is 2.28. The average molecular weight is 259 g/mol. The molecule has 0 unspecified atom stereocenters. The Morgan fingerprint density at radius 1 is 1.24 bits per heavy atom. The van der Waals surface area contributed by atoms with Crippen molar-refractivity contribution < 1.29 is 8.42 Å². The summed E-state index contributed by atoms with van der Waals surface area (Å²) in [7, 11) is -3.04. The highest BCUT2D eigenvalue weighted by Crippen LogP contribution is 2.19. The summed E-state index contributed by atoms with van der Waals surface area (Å²) in [6.07, 6.45) is 2.07. The van der Waals surface area contributed by atoms with E-state index in [-0.39, 0.29) is 5.41 Å². The molecule has 0 aliphatic carbocycles. The molecule has 0 radical (unpaired) electrons. The van der Waals surface area contributed by atoms with E-state index in [1.807, 2.05) is 13.8 Å². The van der Waals surface area contributed by atoms with Gasteiger partial charge < -0.3 is 4.90 Å². The molecule has 17 heavy (non-hydrogen) atoms. The second kappa shape index (κ2) is 5.34. The van der Waals surface area contributed by atoms with Crippen LogP contribution in [0, 0.1) is 16.7 Å². The lowest BCUT2D eigenvalue weighted by Crippen LogP contribution is -2.48. The fourth-order valence-corrected chi connectivity index (χ4v) is 2.60. The van der Waals surface area contributed by atoms with Crippen LogP contribution in [0.1, 0.15) is 20.3 Å². The molecule has 1 saturated heterocycles. The zero-order chi connectivity index (χ0) is 13.1. The summed E-state index contributed by atoms with van der Waals surface area (Å²) < 4.78 is 24.2. The molecule has 1 heterocycles. The zero-order valence-corrected chi connectivity index (χ0v) is 11.6. The maximum Gasteiger partial charge on any atom is 0.211 e. The largest absolute Gasteiger partial charge is 0.301 e. The van der Waals surface area contributed by atoms with Gasteiger partial charge in [-0.3, -0.25) is 0 Å². The van der Waals surface area contributed by atoms with Gasteiger partial charge in [0.05, 0.1) is 17.7 Å². The van der Waals surface area contributed by atoms with E-state index < -0.39 is 10.0 Å². The van der Waals surface area contributed by atoms with Crippen molar-refractivity contribution >= 4 is 10.0 Å². The van der Waals surface area contributed by atoms with Crippen LogP contribution in [0.4, 0.5) is 0 Å². The van der Waals surface area contributed by atoms with Crippen molar-refractivity contribution in [3.05, 3.63) is 0 Å². The second-order valence-electron chi connectivity index (χ2n) is 5.25. The number of sulfonamides is 1. The van der Waals surface area contributed by atoms with Gasteiger partial charge in [-0.05, 0) is 26.8 Å². The first-order valence-corrected chi connectivity index (χ1v) is 7.68. The SMILES string of the molecule is CC(C)(C#N)CCN1CCN(S(C)(=O)=O)CC1. The summed E-state index contributed by atoms with van der Waals surface area (Å²) >= 11 is 0.